The summed E-state index contributed by atoms with van der Waals surface area (Å²) in [7, 11) is 0. The first-order valence-corrected chi connectivity index (χ1v) is 7.72. The Kier molecular flexibility index (Phi) is 5.18. The number of carbonyl (C=O) groups is 4. The van der Waals surface area contributed by atoms with Gasteiger partial charge in [0, 0.05) is 6.54 Å². The van der Waals surface area contributed by atoms with Crippen LogP contribution in [0.15, 0.2) is 30.3 Å². The molecule has 8 nitrogen and oxygen atoms in total. The van der Waals surface area contributed by atoms with Crippen LogP contribution in [0.4, 0.5) is 9.59 Å². The van der Waals surface area contributed by atoms with E-state index in [0.29, 0.717) is 18.5 Å². The first-order chi connectivity index (χ1) is 11.4. The average Bonchev–Trinajstić information content (AvgIpc) is 2.81. The fourth-order valence-electron chi connectivity index (χ4n) is 2.65. The van der Waals surface area contributed by atoms with E-state index in [1.54, 1.807) is 38.1 Å². The van der Waals surface area contributed by atoms with Crippen molar-refractivity contribution < 1.29 is 19.2 Å². The summed E-state index contributed by atoms with van der Waals surface area (Å²) < 4.78 is 0. The van der Waals surface area contributed by atoms with E-state index < -0.39 is 36.0 Å². The van der Waals surface area contributed by atoms with E-state index in [-0.39, 0.29) is 0 Å². The fraction of sp³-hybridized carbons (Fsp3) is 0.375. The van der Waals surface area contributed by atoms with Crippen molar-refractivity contribution in [2.24, 2.45) is 0 Å². The van der Waals surface area contributed by atoms with Crippen LogP contribution in [0.2, 0.25) is 0 Å². The van der Waals surface area contributed by atoms with Gasteiger partial charge in [0.2, 0.25) is 5.91 Å². The van der Waals surface area contributed by atoms with Crippen LogP contribution < -0.4 is 16.0 Å². The molecule has 0 aliphatic carbocycles. The maximum absolute atomic E-state index is 12.8. The summed E-state index contributed by atoms with van der Waals surface area (Å²) in [6, 6.07) is 7.54. The summed E-state index contributed by atoms with van der Waals surface area (Å²) in [6.07, 6.45) is 0.343. The van der Waals surface area contributed by atoms with Gasteiger partial charge >= 0.3 is 12.1 Å². The van der Waals surface area contributed by atoms with Crippen LogP contribution >= 0.6 is 0 Å². The molecule has 2 rings (SSSR count). The largest absolute Gasteiger partial charge is 0.338 e. The fourth-order valence-corrected chi connectivity index (χ4v) is 2.65. The summed E-state index contributed by atoms with van der Waals surface area (Å²) in [5.41, 5.74) is -0.540. The maximum Gasteiger partial charge on any atom is 0.325 e. The van der Waals surface area contributed by atoms with E-state index >= 15 is 0 Å². The van der Waals surface area contributed by atoms with E-state index in [1.807, 2.05) is 6.07 Å². The summed E-state index contributed by atoms with van der Waals surface area (Å²) >= 11 is 0. The summed E-state index contributed by atoms with van der Waals surface area (Å²) in [4.78, 5) is 49.0. The molecular formula is C16H20N4O4. The second-order valence-corrected chi connectivity index (χ2v) is 5.35. The molecule has 1 heterocycles. The first-order valence-electron chi connectivity index (χ1n) is 7.72. The second kappa shape index (κ2) is 7.12. The predicted octanol–water partition coefficient (Wildman–Crippen LogP) is 0.689. The number of hydrogen-bond acceptors (Lipinski definition) is 4. The molecule has 1 aliphatic rings. The second-order valence-electron chi connectivity index (χ2n) is 5.35. The Morgan fingerprint density at radius 2 is 1.83 bits per heavy atom. The van der Waals surface area contributed by atoms with Crippen LogP contribution in [-0.2, 0) is 15.1 Å². The Bertz CT molecular complexity index is 661. The Morgan fingerprint density at radius 1 is 1.17 bits per heavy atom. The summed E-state index contributed by atoms with van der Waals surface area (Å²) in [6.45, 7) is 3.33. The highest BCUT2D eigenvalue weighted by Crippen LogP contribution is 2.32. The monoisotopic (exact) mass is 332 g/mol. The molecule has 8 heteroatoms. The highest BCUT2D eigenvalue weighted by Gasteiger charge is 2.51. The molecule has 128 valence electrons. The number of imide groups is 2. The van der Waals surface area contributed by atoms with Crippen LogP contribution in [0.1, 0.15) is 25.8 Å². The first kappa shape index (κ1) is 17.5. The van der Waals surface area contributed by atoms with Crippen LogP contribution in [-0.4, -0.2) is 41.9 Å². The van der Waals surface area contributed by atoms with Gasteiger partial charge in [0.05, 0.1) is 0 Å². The number of amides is 6. The lowest BCUT2D eigenvalue weighted by Crippen LogP contribution is -2.47. The lowest BCUT2D eigenvalue weighted by atomic mass is 9.87. The zero-order valence-corrected chi connectivity index (χ0v) is 13.6. The SMILES string of the molecule is CCNC(=O)NC(=O)CN1C(=O)N[C@@](CC)(c2ccccc2)C1=O. The molecule has 0 spiro atoms. The lowest BCUT2D eigenvalue weighted by molar-refractivity contribution is -0.135. The average molecular weight is 332 g/mol. The van der Waals surface area contributed by atoms with Gasteiger partial charge in [-0.3, -0.25) is 19.8 Å². The van der Waals surface area contributed by atoms with Crippen LogP contribution in [0, 0.1) is 0 Å². The minimum Gasteiger partial charge on any atom is -0.338 e. The molecule has 1 fully saturated rings. The number of hydrogen-bond donors (Lipinski definition) is 3. The molecule has 0 saturated carbocycles. The Morgan fingerprint density at radius 3 is 2.42 bits per heavy atom. The van der Waals surface area contributed by atoms with Crippen molar-refractivity contribution in [2.45, 2.75) is 25.8 Å². The third kappa shape index (κ3) is 3.22. The maximum atomic E-state index is 12.8. The molecule has 0 radical (unpaired) electrons. The molecule has 24 heavy (non-hydrogen) atoms. The zero-order chi connectivity index (χ0) is 17.7. The van der Waals surface area contributed by atoms with Gasteiger partial charge in [0.25, 0.3) is 5.91 Å². The molecular weight excluding hydrogens is 312 g/mol. The van der Waals surface area contributed by atoms with Crippen LogP contribution in [0.25, 0.3) is 0 Å². The van der Waals surface area contributed by atoms with Crippen molar-refractivity contribution in [3.8, 4) is 0 Å². The zero-order valence-electron chi connectivity index (χ0n) is 13.6. The van der Waals surface area contributed by atoms with Gasteiger partial charge < -0.3 is 10.6 Å². The number of rotatable bonds is 5. The number of benzene rings is 1. The number of nitrogens with zero attached hydrogens (tertiary/aromatic N) is 1. The molecule has 1 atom stereocenters. The summed E-state index contributed by atoms with van der Waals surface area (Å²) in [5, 5.41) is 7.15. The molecule has 0 bridgehead atoms. The van der Waals surface area contributed by atoms with E-state index in [9.17, 15) is 19.2 Å². The number of urea groups is 2. The topological polar surface area (TPSA) is 108 Å². The van der Waals surface area contributed by atoms with Gasteiger partial charge in [-0.05, 0) is 18.9 Å². The summed E-state index contributed by atoms with van der Waals surface area (Å²) in [5.74, 6) is -1.24. The molecule has 1 aliphatic heterocycles. The smallest absolute Gasteiger partial charge is 0.325 e. The Labute approximate surface area is 139 Å². The van der Waals surface area contributed by atoms with Crippen molar-refractivity contribution in [1.29, 1.82) is 0 Å². The molecule has 0 aromatic heterocycles. The van der Waals surface area contributed by atoms with E-state index in [0.717, 1.165) is 4.90 Å². The van der Waals surface area contributed by atoms with Crippen molar-refractivity contribution in [3.63, 3.8) is 0 Å². The van der Waals surface area contributed by atoms with Gasteiger partial charge in [0.1, 0.15) is 12.1 Å². The lowest BCUT2D eigenvalue weighted by Gasteiger charge is -2.25. The van der Waals surface area contributed by atoms with Crippen LogP contribution in [0.5, 0.6) is 0 Å². The highest BCUT2D eigenvalue weighted by atomic mass is 16.2. The standard InChI is InChI=1S/C16H20N4O4/c1-3-16(11-8-6-5-7-9-11)13(22)20(15(24)19-16)10-12(21)18-14(23)17-4-2/h5-9H,3-4,10H2,1-2H3,(H,19,24)(H2,17,18,21,23)/t16-/m0/s1. The third-order valence-electron chi connectivity index (χ3n) is 3.86. The molecule has 1 aromatic carbocycles. The molecule has 3 N–H and O–H groups in total. The molecule has 1 saturated heterocycles. The van der Waals surface area contributed by atoms with Crippen LogP contribution in [0.3, 0.4) is 0 Å². The normalized spacial score (nSPS) is 19.8. The van der Waals surface area contributed by atoms with Crippen molar-refractivity contribution >= 4 is 23.9 Å². The molecule has 0 unspecified atom stereocenters. The predicted molar refractivity (Wildman–Crippen MR) is 85.9 cm³/mol. The van der Waals surface area contributed by atoms with Gasteiger partial charge in [-0.15, -0.1) is 0 Å². The minimum absolute atomic E-state index is 0.343. The Hall–Kier alpha value is -2.90. The third-order valence-corrected chi connectivity index (χ3v) is 3.86. The van der Waals surface area contributed by atoms with E-state index in [2.05, 4.69) is 16.0 Å². The van der Waals surface area contributed by atoms with Gasteiger partial charge in [-0.2, -0.15) is 0 Å². The van der Waals surface area contributed by atoms with Gasteiger partial charge in [-0.25, -0.2) is 9.59 Å². The highest BCUT2D eigenvalue weighted by molar-refractivity contribution is 6.10. The molecule has 6 amide bonds. The van der Waals surface area contributed by atoms with Gasteiger partial charge in [-0.1, -0.05) is 37.3 Å². The number of carbonyl (C=O) groups excluding carboxylic acids is 4. The van der Waals surface area contributed by atoms with Crippen molar-refractivity contribution in [2.75, 3.05) is 13.1 Å². The Balaban J connectivity index is 2.16. The van der Waals surface area contributed by atoms with E-state index in [4.69, 9.17) is 0 Å². The minimum atomic E-state index is -1.19. The van der Waals surface area contributed by atoms with E-state index in [1.165, 1.54) is 0 Å². The van der Waals surface area contributed by atoms with Crippen molar-refractivity contribution in [3.05, 3.63) is 35.9 Å². The van der Waals surface area contributed by atoms with Crippen molar-refractivity contribution in [1.82, 2.24) is 20.9 Å². The quantitative estimate of drug-likeness (QED) is 0.689. The van der Waals surface area contributed by atoms with Gasteiger partial charge in [0.15, 0.2) is 0 Å². The molecule has 1 aromatic rings. The number of nitrogens with one attached hydrogen (secondary N) is 3.